The molecule has 0 saturated carbocycles. The average molecular weight is 506 g/mol. The number of carbonyl (C=O) groups excluding carboxylic acids is 5. The fourth-order valence-electron chi connectivity index (χ4n) is 4.46. The summed E-state index contributed by atoms with van der Waals surface area (Å²) in [5.41, 5.74) is 1.67. The number of fused-ring (bicyclic) bond motifs is 1. The van der Waals surface area contributed by atoms with E-state index in [9.17, 15) is 24.0 Å². The van der Waals surface area contributed by atoms with Crippen LogP contribution in [0.4, 0.5) is 0 Å². The van der Waals surface area contributed by atoms with Crippen molar-refractivity contribution in [2.75, 3.05) is 20.3 Å². The molecule has 2 amide bonds. The highest BCUT2D eigenvalue weighted by Gasteiger charge is 2.47. The summed E-state index contributed by atoms with van der Waals surface area (Å²) >= 11 is 0. The van der Waals surface area contributed by atoms with E-state index in [4.69, 9.17) is 14.2 Å². The van der Waals surface area contributed by atoms with Gasteiger partial charge in [0, 0.05) is 12.1 Å². The van der Waals surface area contributed by atoms with Gasteiger partial charge >= 0.3 is 11.9 Å². The zero-order valence-corrected chi connectivity index (χ0v) is 20.6. The zero-order valence-electron chi connectivity index (χ0n) is 20.6. The number of carbonyl (C=O) groups is 5. The Morgan fingerprint density at radius 3 is 2.41 bits per heavy atom. The molecule has 0 N–H and O–H groups in total. The maximum atomic E-state index is 12.6. The third kappa shape index (κ3) is 5.94. The van der Waals surface area contributed by atoms with Crippen molar-refractivity contribution in [1.29, 1.82) is 0 Å². The summed E-state index contributed by atoms with van der Waals surface area (Å²) < 4.78 is 15.5. The van der Waals surface area contributed by atoms with Crippen molar-refractivity contribution in [3.8, 4) is 11.5 Å². The molecule has 9 heteroatoms. The van der Waals surface area contributed by atoms with Crippen molar-refractivity contribution in [2.24, 2.45) is 11.8 Å². The van der Waals surface area contributed by atoms with Gasteiger partial charge in [0.1, 0.15) is 11.5 Å². The number of nitrogens with zero attached hydrogens (tertiary/aromatic N) is 1. The second kappa shape index (κ2) is 11.2. The fraction of sp³-hybridized carbons (Fsp3) is 0.321. The third-order valence-electron chi connectivity index (χ3n) is 6.51. The first kappa shape index (κ1) is 25.8. The van der Waals surface area contributed by atoms with E-state index in [-0.39, 0.29) is 47.9 Å². The van der Waals surface area contributed by atoms with Gasteiger partial charge in [-0.3, -0.25) is 24.1 Å². The van der Waals surface area contributed by atoms with Gasteiger partial charge in [0.2, 0.25) is 11.8 Å². The Morgan fingerprint density at radius 1 is 0.946 bits per heavy atom. The molecule has 192 valence electrons. The SMILES string of the molecule is COc1cccc(C(=O)Oc2ccc(C(=O)COC(=O)CCN3C(=O)C4CC=C(C)CC4C3=O)cc2)c1. The highest BCUT2D eigenvalue weighted by atomic mass is 16.5. The first-order chi connectivity index (χ1) is 17.8. The highest BCUT2D eigenvalue weighted by molar-refractivity contribution is 6.05. The lowest BCUT2D eigenvalue weighted by Crippen LogP contribution is -2.33. The van der Waals surface area contributed by atoms with E-state index in [0.29, 0.717) is 24.2 Å². The molecule has 0 aromatic heterocycles. The number of allylic oxidation sites excluding steroid dienone is 2. The summed E-state index contributed by atoms with van der Waals surface area (Å²) in [5.74, 6) is -2.15. The third-order valence-corrected chi connectivity index (χ3v) is 6.51. The molecule has 1 aliphatic carbocycles. The number of rotatable bonds is 9. The number of hydrogen-bond acceptors (Lipinski definition) is 8. The molecule has 4 rings (SSSR count). The lowest BCUT2D eigenvalue weighted by atomic mass is 9.82. The zero-order chi connectivity index (χ0) is 26.5. The molecular formula is C28H27NO8. The van der Waals surface area contributed by atoms with E-state index in [2.05, 4.69) is 0 Å². The molecule has 1 saturated heterocycles. The van der Waals surface area contributed by atoms with Gasteiger partial charge in [-0.1, -0.05) is 17.7 Å². The Balaban J connectivity index is 1.23. The maximum absolute atomic E-state index is 12.6. The quantitative estimate of drug-likeness (QED) is 0.167. The standard InChI is InChI=1S/C28H27NO8/c1-17-6-11-22-23(14-17)27(33)29(26(22)32)13-12-25(31)36-16-24(30)18-7-9-20(10-8-18)37-28(34)19-4-3-5-21(15-19)35-2/h3-10,15,22-23H,11-14,16H2,1-2H3. The van der Waals surface area contributed by atoms with Crippen LogP contribution in [0, 0.1) is 11.8 Å². The maximum Gasteiger partial charge on any atom is 0.343 e. The van der Waals surface area contributed by atoms with Gasteiger partial charge < -0.3 is 14.2 Å². The van der Waals surface area contributed by atoms with E-state index in [1.807, 2.05) is 13.0 Å². The van der Waals surface area contributed by atoms with E-state index >= 15 is 0 Å². The number of methoxy groups -OCH3 is 1. The van der Waals surface area contributed by atoms with Crippen LogP contribution in [-0.2, 0) is 19.1 Å². The monoisotopic (exact) mass is 505 g/mol. The molecule has 2 aromatic carbocycles. The average Bonchev–Trinajstić information content (AvgIpc) is 3.14. The summed E-state index contributed by atoms with van der Waals surface area (Å²) in [6.07, 6.45) is 2.89. The smallest absolute Gasteiger partial charge is 0.343 e. The van der Waals surface area contributed by atoms with Crippen LogP contribution in [0.1, 0.15) is 46.9 Å². The Morgan fingerprint density at radius 2 is 1.68 bits per heavy atom. The molecule has 2 aromatic rings. The van der Waals surface area contributed by atoms with Gasteiger partial charge in [0.25, 0.3) is 0 Å². The minimum atomic E-state index is -0.679. The van der Waals surface area contributed by atoms with Crippen molar-refractivity contribution in [3.63, 3.8) is 0 Å². The second-order valence-corrected chi connectivity index (χ2v) is 9.01. The number of Topliss-reactive ketones (excluding diaryl/α,β-unsaturated/α-hetero) is 1. The molecular weight excluding hydrogens is 478 g/mol. The van der Waals surface area contributed by atoms with Crippen LogP contribution in [0.3, 0.4) is 0 Å². The van der Waals surface area contributed by atoms with Gasteiger partial charge in [-0.25, -0.2) is 4.79 Å². The van der Waals surface area contributed by atoms with Crippen LogP contribution in [0.15, 0.2) is 60.2 Å². The van der Waals surface area contributed by atoms with Crippen LogP contribution in [-0.4, -0.2) is 54.7 Å². The Hall–Kier alpha value is -4.27. The fourth-order valence-corrected chi connectivity index (χ4v) is 4.46. The van der Waals surface area contributed by atoms with Crippen LogP contribution in [0.25, 0.3) is 0 Å². The van der Waals surface area contributed by atoms with Crippen LogP contribution < -0.4 is 9.47 Å². The van der Waals surface area contributed by atoms with Crippen molar-refractivity contribution >= 4 is 29.5 Å². The van der Waals surface area contributed by atoms with Crippen LogP contribution in [0.2, 0.25) is 0 Å². The molecule has 37 heavy (non-hydrogen) atoms. The largest absolute Gasteiger partial charge is 0.497 e. The number of hydrogen-bond donors (Lipinski definition) is 0. The van der Waals surface area contributed by atoms with Gasteiger partial charge in [-0.15, -0.1) is 0 Å². The molecule has 2 aliphatic rings. The van der Waals surface area contributed by atoms with E-state index in [1.165, 1.54) is 31.4 Å². The molecule has 1 heterocycles. The summed E-state index contributed by atoms with van der Waals surface area (Å²) in [4.78, 5) is 63.2. The predicted octanol–water partition coefficient (Wildman–Crippen LogP) is 3.37. The molecule has 2 unspecified atom stereocenters. The topological polar surface area (TPSA) is 116 Å². The number of imide groups is 1. The molecule has 1 aliphatic heterocycles. The van der Waals surface area contributed by atoms with E-state index in [1.54, 1.807) is 24.3 Å². The number of likely N-dealkylation sites (tertiary alicyclic amines) is 1. The minimum absolute atomic E-state index is 0.0654. The van der Waals surface area contributed by atoms with Gasteiger partial charge in [0.05, 0.1) is 30.9 Å². The molecule has 0 bridgehead atoms. The normalized spacial score (nSPS) is 18.6. The first-order valence-electron chi connectivity index (χ1n) is 11.9. The van der Waals surface area contributed by atoms with Crippen molar-refractivity contribution in [1.82, 2.24) is 4.90 Å². The number of ketones is 1. The van der Waals surface area contributed by atoms with Crippen LogP contribution >= 0.6 is 0 Å². The number of amides is 2. The Bertz CT molecular complexity index is 1260. The number of ether oxygens (including phenoxy) is 3. The molecule has 2 atom stereocenters. The number of benzene rings is 2. The Labute approximate surface area is 214 Å². The lowest BCUT2D eigenvalue weighted by molar-refractivity contribution is -0.145. The molecule has 1 fully saturated rings. The van der Waals surface area contributed by atoms with Gasteiger partial charge in [0.15, 0.2) is 12.4 Å². The van der Waals surface area contributed by atoms with Gasteiger partial charge in [-0.2, -0.15) is 0 Å². The summed E-state index contributed by atoms with van der Waals surface area (Å²) in [5, 5.41) is 0. The first-order valence-corrected chi connectivity index (χ1v) is 11.9. The van der Waals surface area contributed by atoms with Crippen LogP contribution in [0.5, 0.6) is 11.5 Å². The van der Waals surface area contributed by atoms with Crippen molar-refractivity contribution in [2.45, 2.75) is 26.2 Å². The van der Waals surface area contributed by atoms with Gasteiger partial charge in [-0.05, 0) is 62.2 Å². The Kier molecular flexibility index (Phi) is 7.81. The number of esters is 2. The van der Waals surface area contributed by atoms with E-state index < -0.39 is 24.3 Å². The molecule has 9 nitrogen and oxygen atoms in total. The highest BCUT2D eigenvalue weighted by Crippen LogP contribution is 2.37. The summed E-state index contributed by atoms with van der Waals surface area (Å²) in [7, 11) is 1.50. The summed E-state index contributed by atoms with van der Waals surface area (Å²) in [6, 6.07) is 12.4. The van der Waals surface area contributed by atoms with E-state index in [0.717, 1.165) is 10.5 Å². The lowest BCUT2D eigenvalue weighted by Gasteiger charge is -2.19. The van der Waals surface area contributed by atoms with Crippen molar-refractivity contribution in [3.05, 3.63) is 71.3 Å². The second-order valence-electron chi connectivity index (χ2n) is 9.01. The molecule has 0 spiro atoms. The van der Waals surface area contributed by atoms with Crippen molar-refractivity contribution < 1.29 is 38.2 Å². The predicted molar refractivity (Wildman–Crippen MR) is 131 cm³/mol. The summed E-state index contributed by atoms with van der Waals surface area (Å²) in [6.45, 7) is 1.38. The molecule has 0 radical (unpaired) electrons. The minimum Gasteiger partial charge on any atom is -0.497 e.